The van der Waals surface area contributed by atoms with Gasteiger partial charge in [0.05, 0.1) is 19.1 Å². The summed E-state index contributed by atoms with van der Waals surface area (Å²) in [5.74, 6) is -0.334. The summed E-state index contributed by atoms with van der Waals surface area (Å²) in [6.07, 6.45) is 0.626. The van der Waals surface area contributed by atoms with Crippen molar-refractivity contribution in [3.8, 4) is 11.5 Å². The van der Waals surface area contributed by atoms with Gasteiger partial charge < -0.3 is 19.1 Å². The number of rotatable bonds is 9. The Morgan fingerprint density at radius 3 is 2.24 bits per heavy atom. The van der Waals surface area contributed by atoms with Crippen molar-refractivity contribution in [1.82, 2.24) is 9.62 Å². The molecule has 0 radical (unpaired) electrons. The summed E-state index contributed by atoms with van der Waals surface area (Å²) < 4.78 is 43.6. The van der Waals surface area contributed by atoms with E-state index in [0.717, 1.165) is 11.1 Å². The number of amides is 1. The number of carbonyl (C=O) groups excluding carboxylic acids is 2. The molecule has 3 rings (SSSR count). The van der Waals surface area contributed by atoms with Gasteiger partial charge in [-0.1, -0.05) is 32.0 Å². The minimum absolute atomic E-state index is 0.0450. The maximum absolute atomic E-state index is 12.7. The molecule has 1 aliphatic rings. The molecule has 1 heterocycles. The van der Waals surface area contributed by atoms with Crippen LogP contribution in [0.5, 0.6) is 11.5 Å². The summed E-state index contributed by atoms with van der Waals surface area (Å²) in [5, 5.41) is 0. The normalized spacial score (nSPS) is 14.3. The fourth-order valence-electron chi connectivity index (χ4n) is 3.70. The average Bonchev–Trinajstić information content (AvgIpc) is 2.84. The Hall–Kier alpha value is -3.11. The molecule has 0 spiro atoms. The maximum atomic E-state index is 12.7. The summed E-state index contributed by atoms with van der Waals surface area (Å²) in [4.78, 5) is 27.1. The Morgan fingerprint density at radius 1 is 1.03 bits per heavy atom. The molecular weight excluding hydrogens is 460 g/mol. The predicted molar refractivity (Wildman–Crippen MR) is 125 cm³/mol. The summed E-state index contributed by atoms with van der Waals surface area (Å²) in [6, 6.07) is 10.4. The van der Waals surface area contributed by atoms with Gasteiger partial charge in [-0.25, -0.2) is 8.42 Å². The number of hydrogen-bond donors (Lipinski definition) is 1. The molecule has 1 aliphatic heterocycles. The smallest absolute Gasteiger partial charge is 0.324 e. The number of esters is 1. The third kappa shape index (κ3) is 5.87. The monoisotopic (exact) mass is 490 g/mol. The van der Waals surface area contributed by atoms with Gasteiger partial charge in [0.2, 0.25) is 10.0 Å². The van der Waals surface area contributed by atoms with Crippen LogP contribution in [0.15, 0.2) is 47.4 Å². The molecule has 9 nitrogen and oxygen atoms in total. The molecule has 2 aromatic carbocycles. The van der Waals surface area contributed by atoms with Crippen molar-refractivity contribution in [1.29, 1.82) is 0 Å². The molecule has 2 aromatic rings. The van der Waals surface area contributed by atoms with Gasteiger partial charge in [0.1, 0.15) is 6.04 Å². The molecule has 0 bridgehead atoms. The number of nitrogens with one attached hydrogen (secondary N) is 1. The van der Waals surface area contributed by atoms with E-state index in [1.54, 1.807) is 51.2 Å². The van der Waals surface area contributed by atoms with E-state index in [-0.39, 0.29) is 16.7 Å². The first-order chi connectivity index (χ1) is 16.2. The molecule has 0 aliphatic carbocycles. The van der Waals surface area contributed by atoms with Crippen molar-refractivity contribution in [2.24, 2.45) is 5.92 Å². The lowest BCUT2D eigenvalue weighted by Gasteiger charge is -2.30. The van der Waals surface area contributed by atoms with E-state index in [0.29, 0.717) is 31.0 Å². The molecule has 1 atom stereocenters. The van der Waals surface area contributed by atoms with Crippen LogP contribution in [0.3, 0.4) is 0 Å². The van der Waals surface area contributed by atoms with Gasteiger partial charge in [0.15, 0.2) is 18.1 Å². The summed E-state index contributed by atoms with van der Waals surface area (Å²) >= 11 is 0. The first-order valence-electron chi connectivity index (χ1n) is 10.9. The van der Waals surface area contributed by atoms with Gasteiger partial charge in [0, 0.05) is 13.1 Å². The molecule has 0 saturated carbocycles. The second-order valence-corrected chi connectivity index (χ2v) is 10.0. The molecule has 0 fully saturated rings. The van der Waals surface area contributed by atoms with Crippen LogP contribution >= 0.6 is 0 Å². The van der Waals surface area contributed by atoms with Crippen molar-refractivity contribution in [3.63, 3.8) is 0 Å². The van der Waals surface area contributed by atoms with Gasteiger partial charge >= 0.3 is 5.97 Å². The average molecular weight is 491 g/mol. The highest BCUT2D eigenvalue weighted by atomic mass is 32.2. The minimum atomic E-state index is -3.92. The Balaban J connectivity index is 1.63. The Morgan fingerprint density at radius 2 is 1.65 bits per heavy atom. The zero-order valence-corrected chi connectivity index (χ0v) is 20.6. The number of ether oxygens (including phenoxy) is 3. The molecule has 1 N–H and O–H groups in total. The lowest BCUT2D eigenvalue weighted by Crippen LogP contribution is -2.46. The number of methoxy groups -OCH3 is 2. The summed E-state index contributed by atoms with van der Waals surface area (Å²) in [5.41, 5.74) is 1.99. The number of sulfonamides is 1. The van der Waals surface area contributed by atoms with Crippen LogP contribution in [0.1, 0.15) is 25.0 Å². The van der Waals surface area contributed by atoms with Crippen LogP contribution in [0.25, 0.3) is 0 Å². The van der Waals surface area contributed by atoms with Crippen LogP contribution in [-0.2, 0) is 37.3 Å². The molecule has 10 heteroatoms. The quantitative estimate of drug-likeness (QED) is 0.536. The maximum Gasteiger partial charge on any atom is 0.324 e. The number of fused-ring (bicyclic) bond motifs is 1. The first kappa shape index (κ1) is 25.5. The largest absolute Gasteiger partial charge is 0.493 e. The molecular formula is C24H30N2O7S. The van der Waals surface area contributed by atoms with Crippen LogP contribution < -0.4 is 14.2 Å². The van der Waals surface area contributed by atoms with E-state index < -0.39 is 28.6 Å². The second kappa shape index (κ2) is 10.9. The van der Waals surface area contributed by atoms with Crippen molar-refractivity contribution in [3.05, 3.63) is 53.6 Å². The summed E-state index contributed by atoms with van der Waals surface area (Å²) in [6.45, 7) is 3.74. The van der Waals surface area contributed by atoms with Gasteiger partial charge in [-0.3, -0.25) is 9.59 Å². The van der Waals surface area contributed by atoms with E-state index in [1.165, 1.54) is 12.1 Å². The number of hydrogen-bond acceptors (Lipinski definition) is 7. The number of carbonyl (C=O) groups is 2. The van der Waals surface area contributed by atoms with Crippen molar-refractivity contribution < 1.29 is 32.2 Å². The number of nitrogens with zero attached hydrogens (tertiary/aromatic N) is 1. The highest BCUT2D eigenvalue weighted by Crippen LogP contribution is 2.33. The molecule has 184 valence electrons. The SMILES string of the molecule is COc1cc2c(cc1OC)CN(C(=O)COC(=O)[C@H](NS(=O)(=O)c1ccccc1)C(C)C)CC2. The third-order valence-corrected chi connectivity index (χ3v) is 7.12. The lowest BCUT2D eigenvalue weighted by molar-refractivity contribution is -0.154. The predicted octanol–water partition coefficient (Wildman–Crippen LogP) is 2.13. The lowest BCUT2D eigenvalue weighted by atomic mass is 9.99. The van der Waals surface area contributed by atoms with E-state index in [4.69, 9.17) is 14.2 Å². The molecule has 0 saturated heterocycles. The zero-order chi connectivity index (χ0) is 24.9. The molecule has 0 aromatic heterocycles. The zero-order valence-electron chi connectivity index (χ0n) is 19.7. The first-order valence-corrected chi connectivity index (χ1v) is 12.4. The van der Waals surface area contributed by atoms with E-state index >= 15 is 0 Å². The highest BCUT2D eigenvalue weighted by Gasteiger charge is 2.31. The number of benzene rings is 2. The van der Waals surface area contributed by atoms with Crippen molar-refractivity contribution in [2.45, 2.75) is 37.8 Å². The van der Waals surface area contributed by atoms with Crippen LogP contribution in [0.2, 0.25) is 0 Å². The standard InChI is InChI=1S/C24H30N2O7S/c1-16(2)23(25-34(29,30)19-8-6-5-7-9-19)24(28)33-15-22(27)26-11-10-17-12-20(31-3)21(32-4)13-18(17)14-26/h5-9,12-13,16,23,25H,10-11,14-15H2,1-4H3/t23-/m1/s1. The molecule has 0 unspecified atom stereocenters. The van der Waals surface area contributed by atoms with Crippen LogP contribution in [-0.4, -0.2) is 58.6 Å². The minimum Gasteiger partial charge on any atom is -0.493 e. The summed E-state index contributed by atoms with van der Waals surface area (Å²) in [7, 11) is -0.803. The molecule has 34 heavy (non-hydrogen) atoms. The van der Waals surface area contributed by atoms with E-state index in [2.05, 4.69) is 4.72 Å². The van der Waals surface area contributed by atoms with Gasteiger partial charge in [-0.2, -0.15) is 4.72 Å². The van der Waals surface area contributed by atoms with Gasteiger partial charge in [-0.15, -0.1) is 0 Å². The fraction of sp³-hybridized carbons (Fsp3) is 0.417. The van der Waals surface area contributed by atoms with E-state index in [9.17, 15) is 18.0 Å². The Bertz CT molecular complexity index is 1130. The van der Waals surface area contributed by atoms with E-state index in [1.807, 2.05) is 12.1 Å². The van der Waals surface area contributed by atoms with Gasteiger partial charge in [0.25, 0.3) is 5.91 Å². The van der Waals surface area contributed by atoms with Crippen molar-refractivity contribution >= 4 is 21.9 Å². The van der Waals surface area contributed by atoms with Crippen LogP contribution in [0.4, 0.5) is 0 Å². The molecule has 1 amide bonds. The third-order valence-electron chi connectivity index (χ3n) is 5.66. The Labute approximate surface area is 200 Å². The van der Waals surface area contributed by atoms with Crippen LogP contribution in [0, 0.1) is 5.92 Å². The highest BCUT2D eigenvalue weighted by molar-refractivity contribution is 7.89. The van der Waals surface area contributed by atoms with Gasteiger partial charge in [-0.05, 0) is 47.7 Å². The fourth-order valence-corrected chi connectivity index (χ4v) is 5.06. The Kier molecular flexibility index (Phi) is 8.16. The topological polar surface area (TPSA) is 111 Å². The second-order valence-electron chi connectivity index (χ2n) is 8.30. The van der Waals surface area contributed by atoms with Crippen molar-refractivity contribution in [2.75, 3.05) is 27.4 Å².